The van der Waals surface area contributed by atoms with Gasteiger partial charge in [0.15, 0.2) is 0 Å². The van der Waals surface area contributed by atoms with E-state index in [0.29, 0.717) is 11.8 Å². The van der Waals surface area contributed by atoms with Crippen molar-refractivity contribution in [3.05, 3.63) is 99.1 Å². The lowest BCUT2D eigenvalue weighted by Crippen LogP contribution is -2.30. The standard InChI is InChI=1S/C40H52O2/c1-7-12-17-28(10-4)25-41-33-23-24-34(42-26-29(11-5)18-13-8-2)40-38-32-20-15-14-19-31(32)37(39(33)40)35-27(6)21-22-30(16-9-3)36(35)38/h9,14-16,19-24,28-29,37-38H,7-8,10-13,17-18,25-26H2,1-6H3/b16-9+/t28?,29?,37?,38-/m1/s1. The van der Waals surface area contributed by atoms with E-state index in [4.69, 9.17) is 9.47 Å². The van der Waals surface area contributed by atoms with E-state index < -0.39 is 0 Å². The predicted molar refractivity (Wildman–Crippen MR) is 178 cm³/mol. The lowest BCUT2D eigenvalue weighted by molar-refractivity contribution is 0.223. The fraction of sp³-hybridized carbons (Fsp3) is 0.500. The second-order valence-corrected chi connectivity index (χ2v) is 12.6. The van der Waals surface area contributed by atoms with E-state index in [0.717, 1.165) is 37.6 Å². The van der Waals surface area contributed by atoms with Gasteiger partial charge in [0, 0.05) is 23.0 Å². The highest BCUT2D eigenvalue weighted by Crippen LogP contribution is 2.61. The second kappa shape index (κ2) is 14.0. The average Bonchev–Trinajstić information content (AvgIpc) is 3.02. The summed E-state index contributed by atoms with van der Waals surface area (Å²) in [4.78, 5) is 0. The summed E-state index contributed by atoms with van der Waals surface area (Å²) in [5.41, 5.74) is 11.2. The SMILES string of the molecule is C/C=C/c1ccc(C)c2c1[C@H]1c3ccccc3C2c2c(OCC(CC)CCCC)ccc(OCC(CC)CCCC)c21. The summed E-state index contributed by atoms with van der Waals surface area (Å²) in [6, 6.07) is 18.2. The Hall–Kier alpha value is -3.00. The molecule has 2 heteroatoms. The van der Waals surface area contributed by atoms with E-state index in [9.17, 15) is 0 Å². The van der Waals surface area contributed by atoms with E-state index in [-0.39, 0.29) is 11.8 Å². The lowest BCUT2D eigenvalue weighted by atomic mass is 9.59. The Bertz CT molecular complexity index is 1380. The Kier molecular flexibility index (Phi) is 10.1. The van der Waals surface area contributed by atoms with Gasteiger partial charge in [-0.2, -0.15) is 0 Å². The average molecular weight is 565 g/mol. The van der Waals surface area contributed by atoms with Crippen molar-refractivity contribution in [2.45, 2.75) is 105 Å². The third-order valence-corrected chi connectivity index (χ3v) is 9.90. The van der Waals surface area contributed by atoms with Crippen LogP contribution in [0.4, 0.5) is 0 Å². The summed E-state index contributed by atoms with van der Waals surface area (Å²) in [6.45, 7) is 15.1. The van der Waals surface area contributed by atoms with Crippen LogP contribution in [-0.2, 0) is 0 Å². The molecule has 3 aromatic carbocycles. The maximum atomic E-state index is 6.85. The van der Waals surface area contributed by atoms with Crippen LogP contribution in [0.15, 0.2) is 54.6 Å². The van der Waals surface area contributed by atoms with E-state index in [2.05, 4.69) is 102 Å². The highest BCUT2D eigenvalue weighted by atomic mass is 16.5. The zero-order chi connectivity index (χ0) is 29.6. The first-order valence-corrected chi connectivity index (χ1v) is 16.8. The quantitative estimate of drug-likeness (QED) is 0.126. The van der Waals surface area contributed by atoms with E-state index >= 15 is 0 Å². The van der Waals surface area contributed by atoms with Crippen LogP contribution in [0.25, 0.3) is 6.08 Å². The van der Waals surface area contributed by atoms with Crippen LogP contribution in [0.5, 0.6) is 11.5 Å². The van der Waals surface area contributed by atoms with Gasteiger partial charge in [0.25, 0.3) is 0 Å². The summed E-state index contributed by atoms with van der Waals surface area (Å²) in [5, 5.41) is 0. The molecule has 3 aromatic rings. The lowest BCUT2D eigenvalue weighted by Gasteiger charge is -2.45. The van der Waals surface area contributed by atoms with Gasteiger partial charge >= 0.3 is 0 Å². The van der Waals surface area contributed by atoms with Gasteiger partial charge in [-0.1, -0.05) is 115 Å². The zero-order valence-electron chi connectivity index (χ0n) is 27.0. The molecule has 4 atom stereocenters. The predicted octanol–water partition coefficient (Wildman–Crippen LogP) is 11.2. The number of rotatable bonds is 15. The molecule has 3 unspecified atom stereocenters. The molecular weight excluding hydrogens is 512 g/mol. The van der Waals surface area contributed by atoms with Gasteiger partial charge in [0.1, 0.15) is 11.5 Å². The number of unbranched alkanes of at least 4 members (excludes halogenated alkanes) is 2. The fourth-order valence-corrected chi connectivity index (χ4v) is 7.39. The van der Waals surface area contributed by atoms with Crippen LogP contribution in [0.3, 0.4) is 0 Å². The van der Waals surface area contributed by atoms with Gasteiger partial charge in [0.2, 0.25) is 0 Å². The van der Waals surface area contributed by atoms with Crippen molar-refractivity contribution in [3.63, 3.8) is 0 Å². The van der Waals surface area contributed by atoms with Crippen molar-refractivity contribution in [2.75, 3.05) is 13.2 Å². The first-order valence-electron chi connectivity index (χ1n) is 16.8. The molecule has 0 N–H and O–H groups in total. The maximum Gasteiger partial charge on any atom is 0.124 e. The van der Waals surface area contributed by atoms with Gasteiger partial charge in [-0.25, -0.2) is 0 Å². The third kappa shape index (κ3) is 5.79. The first-order chi connectivity index (χ1) is 20.6. The first kappa shape index (κ1) is 30.5. The van der Waals surface area contributed by atoms with Gasteiger partial charge in [-0.3, -0.25) is 0 Å². The molecule has 0 fully saturated rings. The topological polar surface area (TPSA) is 18.5 Å². The highest BCUT2D eigenvalue weighted by molar-refractivity contribution is 5.77. The normalized spacial score (nSPS) is 18.0. The molecule has 0 aromatic heterocycles. The molecule has 0 aliphatic heterocycles. The number of benzene rings is 3. The molecule has 2 bridgehead atoms. The van der Waals surface area contributed by atoms with Crippen molar-refractivity contribution in [2.24, 2.45) is 11.8 Å². The van der Waals surface area contributed by atoms with Crippen molar-refractivity contribution in [1.29, 1.82) is 0 Å². The van der Waals surface area contributed by atoms with E-state index in [1.54, 1.807) is 0 Å². The molecule has 3 aliphatic carbocycles. The van der Waals surface area contributed by atoms with Gasteiger partial charge in [-0.15, -0.1) is 0 Å². The Morgan fingerprint density at radius 1 is 0.667 bits per heavy atom. The largest absolute Gasteiger partial charge is 0.493 e. The van der Waals surface area contributed by atoms with E-state index in [1.165, 1.54) is 83.0 Å². The monoisotopic (exact) mass is 564 g/mol. The van der Waals surface area contributed by atoms with Crippen LogP contribution in [-0.4, -0.2) is 13.2 Å². The minimum absolute atomic E-state index is 0.138. The molecule has 42 heavy (non-hydrogen) atoms. The van der Waals surface area contributed by atoms with Crippen LogP contribution in [0, 0.1) is 18.8 Å². The Morgan fingerprint density at radius 3 is 1.67 bits per heavy atom. The second-order valence-electron chi connectivity index (χ2n) is 12.6. The third-order valence-electron chi connectivity index (χ3n) is 9.90. The fourth-order valence-electron chi connectivity index (χ4n) is 7.39. The summed E-state index contributed by atoms with van der Waals surface area (Å²) in [7, 11) is 0. The number of aryl methyl sites for hydroxylation is 1. The van der Waals surface area contributed by atoms with Crippen molar-refractivity contribution < 1.29 is 9.47 Å². The molecule has 0 heterocycles. The van der Waals surface area contributed by atoms with Crippen LogP contribution in [0.2, 0.25) is 0 Å². The van der Waals surface area contributed by atoms with Gasteiger partial charge in [-0.05, 0) is 84.0 Å². The maximum absolute atomic E-state index is 6.85. The molecule has 2 nitrogen and oxygen atoms in total. The van der Waals surface area contributed by atoms with E-state index in [1.807, 2.05) is 0 Å². The Balaban J connectivity index is 1.65. The number of allylic oxidation sites excluding steroid dienone is 1. The van der Waals surface area contributed by atoms with Crippen molar-refractivity contribution in [3.8, 4) is 11.5 Å². The van der Waals surface area contributed by atoms with Crippen LogP contribution < -0.4 is 9.47 Å². The molecule has 0 spiro atoms. The van der Waals surface area contributed by atoms with Gasteiger partial charge in [0.05, 0.1) is 13.2 Å². The zero-order valence-corrected chi connectivity index (χ0v) is 27.0. The number of hydrogen-bond acceptors (Lipinski definition) is 2. The molecule has 6 rings (SSSR count). The number of ether oxygens (including phenoxy) is 2. The minimum atomic E-state index is 0.138. The minimum Gasteiger partial charge on any atom is -0.493 e. The molecule has 0 saturated carbocycles. The molecular formula is C40H52O2. The molecule has 224 valence electrons. The molecule has 3 aliphatic rings. The van der Waals surface area contributed by atoms with Gasteiger partial charge < -0.3 is 9.47 Å². The Morgan fingerprint density at radius 2 is 1.19 bits per heavy atom. The highest BCUT2D eigenvalue weighted by Gasteiger charge is 2.46. The van der Waals surface area contributed by atoms with Crippen LogP contribution >= 0.6 is 0 Å². The molecule has 0 radical (unpaired) electrons. The Labute approximate surface area is 255 Å². The summed E-state index contributed by atoms with van der Waals surface area (Å²) < 4.78 is 13.7. The summed E-state index contributed by atoms with van der Waals surface area (Å²) >= 11 is 0. The molecule has 0 amide bonds. The number of hydrogen-bond donors (Lipinski definition) is 0. The van der Waals surface area contributed by atoms with Crippen molar-refractivity contribution >= 4 is 6.08 Å². The van der Waals surface area contributed by atoms with Crippen molar-refractivity contribution in [1.82, 2.24) is 0 Å². The smallest absolute Gasteiger partial charge is 0.124 e. The summed E-state index contributed by atoms with van der Waals surface area (Å²) in [5.74, 6) is 3.56. The van der Waals surface area contributed by atoms with Crippen LogP contribution in [0.1, 0.15) is 142 Å². The summed E-state index contributed by atoms with van der Waals surface area (Å²) in [6.07, 6.45) is 14.2. The molecule has 0 saturated heterocycles.